The number of methoxy groups -OCH3 is 1. The Morgan fingerprint density at radius 1 is 1.14 bits per heavy atom. The first-order valence-electron chi connectivity index (χ1n) is 10.5. The van der Waals surface area contributed by atoms with Gasteiger partial charge in [0.15, 0.2) is 22.8 Å². The molecular weight excluding hydrogens is 510 g/mol. The number of hydrogen-bond donors (Lipinski definition) is 1. The largest absolute Gasteiger partial charge is 0.484 e. The van der Waals surface area contributed by atoms with E-state index >= 15 is 0 Å². The number of rotatable bonds is 10. The van der Waals surface area contributed by atoms with Crippen LogP contribution < -0.4 is 10.1 Å². The lowest BCUT2D eigenvalue weighted by molar-refractivity contribution is -0.166. The van der Waals surface area contributed by atoms with Gasteiger partial charge in [0.2, 0.25) is 5.91 Å². The summed E-state index contributed by atoms with van der Waals surface area (Å²) in [5, 5.41) is 1.96. The molecule has 0 radical (unpaired) electrons. The number of β-lactam (4-membered cyclic amide) rings is 1. The first-order valence-corrected chi connectivity index (χ1v) is 13.5. The monoisotopic (exact) mass is 531 g/mol. The lowest BCUT2D eigenvalue weighted by Gasteiger charge is -2.48. The molecule has 9 nitrogen and oxygen atoms in total. The number of ether oxygens (including phenoxy) is 2. The quantitative estimate of drug-likeness (QED) is 0.182. The fraction of sp³-hybridized carbons (Fsp3) is 0.261. The number of benzene rings is 2. The van der Waals surface area contributed by atoms with Gasteiger partial charge in [0, 0.05) is 0 Å². The molecule has 2 aromatic carbocycles. The molecule has 0 spiro atoms. The van der Waals surface area contributed by atoms with Gasteiger partial charge in [-0.25, -0.2) is 9.78 Å². The summed E-state index contributed by atoms with van der Waals surface area (Å²) in [5.74, 6) is -1.90. The molecule has 1 saturated heterocycles. The van der Waals surface area contributed by atoms with E-state index in [0.717, 1.165) is 26.6 Å². The number of hydrogen-bond acceptors (Lipinski definition) is 10. The molecule has 182 valence electrons. The van der Waals surface area contributed by atoms with Crippen molar-refractivity contribution in [3.63, 3.8) is 0 Å². The molecule has 1 N–H and O–H groups in total. The van der Waals surface area contributed by atoms with Crippen molar-refractivity contribution in [3.8, 4) is 5.75 Å². The molecule has 35 heavy (non-hydrogen) atoms. The van der Waals surface area contributed by atoms with Crippen molar-refractivity contribution in [1.82, 2.24) is 15.2 Å². The highest BCUT2D eigenvalue weighted by Gasteiger charge is 2.55. The molecule has 1 aliphatic rings. The fourth-order valence-corrected chi connectivity index (χ4v) is 7.40. The molecular formula is C23H21N3O6S3. The molecule has 1 aliphatic heterocycles. The van der Waals surface area contributed by atoms with E-state index < -0.39 is 41.0 Å². The minimum atomic E-state index is -1.39. The standard InChI is InChI=1S/C23H21N3O6S3/c1-13(27)19(22(30)31-2)26-20(29)18(25-17(28)12-32-14-8-4-3-5-9-14)21(26)34-35-23-24-15-10-6-7-11-16(15)33-23/h3-11,18-19,21H,12H2,1-2H3,(H,25,28). The molecule has 2 amide bonds. The number of likely N-dealkylation sites (tertiary alicyclic amines) is 1. The Morgan fingerprint density at radius 2 is 1.86 bits per heavy atom. The zero-order chi connectivity index (χ0) is 24.9. The third-order valence-corrected chi connectivity index (χ3v) is 9.12. The van der Waals surface area contributed by atoms with Gasteiger partial charge >= 0.3 is 5.97 Å². The first kappa shape index (κ1) is 25.0. The highest BCUT2D eigenvalue weighted by molar-refractivity contribution is 8.77. The maximum Gasteiger partial charge on any atom is 0.336 e. The molecule has 1 fully saturated rings. The molecule has 4 rings (SSSR count). The van der Waals surface area contributed by atoms with Crippen LogP contribution in [-0.4, -0.2) is 64.6 Å². The van der Waals surface area contributed by atoms with E-state index in [2.05, 4.69) is 10.3 Å². The number of nitrogens with one attached hydrogen (secondary N) is 1. The van der Waals surface area contributed by atoms with Crippen molar-refractivity contribution in [1.29, 1.82) is 0 Å². The number of esters is 1. The van der Waals surface area contributed by atoms with Gasteiger partial charge in [0.25, 0.3) is 5.91 Å². The molecule has 1 aromatic heterocycles. The van der Waals surface area contributed by atoms with Gasteiger partial charge in [0.1, 0.15) is 17.2 Å². The average Bonchev–Trinajstić information content (AvgIpc) is 3.28. The number of nitrogens with zero attached hydrogens (tertiary/aromatic N) is 2. The van der Waals surface area contributed by atoms with Crippen LogP contribution >= 0.6 is 32.9 Å². The van der Waals surface area contributed by atoms with Crippen LogP contribution in [0.25, 0.3) is 10.2 Å². The Morgan fingerprint density at radius 3 is 2.54 bits per heavy atom. The Balaban J connectivity index is 1.48. The lowest BCUT2D eigenvalue weighted by Crippen LogP contribution is -2.74. The number of ketones is 1. The van der Waals surface area contributed by atoms with Crippen molar-refractivity contribution in [3.05, 3.63) is 54.6 Å². The van der Waals surface area contributed by atoms with E-state index in [9.17, 15) is 19.2 Å². The van der Waals surface area contributed by atoms with Gasteiger partial charge in [0.05, 0.1) is 17.3 Å². The van der Waals surface area contributed by atoms with Crippen LogP contribution in [0.1, 0.15) is 6.92 Å². The summed E-state index contributed by atoms with van der Waals surface area (Å²) < 4.78 is 12.0. The Hall–Kier alpha value is -3.09. The third-order valence-electron chi connectivity index (χ3n) is 5.09. The van der Waals surface area contributed by atoms with Crippen LogP contribution in [0.4, 0.5) is 0 Å². The summed E-state index contributed by atoms with van der Waals surface area (Å²) in [4.78, 5) is 55.7. The van der Waals surface area contributed by atoms with Crippen LogP contribution in [0.15, 0.2) is 58.9 Å². The van der Waals surface area contributed by atoms with Gasteiger partial charge in [-0.3, -0.25) is 14.4 Å². The van der Waals surface area contributed by atoms with E-state index in [1.54, 1.807) is 24.3 Å². The van der Waals surface area contributed by atoms with Crippen LogP contribution in [0.3, 0.4) is 0 Å². The average molecular weight is 532 g/mol. The Labute approximate surface area is 213 Å². The SMILES string of the molecule is COC(=O)C(C(C)=O)N1C(=O)C(NC(=O)COc2ccccc2)C1SSc1nc2ccccc2s1. The van der Waals surface area contributed by atoms with Crippen molar-refractivity contribution >= 4 is 66.7 Å². The van der Waals surface area contributed by atoms with Crippen LogP contribution in [0.5, 0.6) is 5.75 Å². The number of fused-ring (bicyclic) bond motifs is 1. The molecule has 0 aliphatic carbocycles. The minimum absolute atomic E-state index is 0.288. The maximum atomic E-state index is 13.0. The normalized spacial score (nSPS) is 18.0. The van der Waals surface area contributed by atoms with Gasteiger partial charge in [-0.15, -0.1) is 11.3 Å². The molecule has 2 heterocycles. The third kappa shape index (κ3) is 5.60. The highest BCUT2D eigenvalue weighted by Crippen LogP contribution is 2.45. The highest BCUT2D eigenvalue weighted by atomic mass is 33.1. The fourth-order valence-electron chi connectivity index (χ4n) is 3.44. The van der Waals surface area contributed by atoms with Gasteiger partial charge < -0.3 is 19.7 Å². The molecule has 0 saturated carbocycles. The van der Waals surface area contributed by atoms with E-state index in [-0.39, 0.29) is 6.61 Å². The van der Waals surface area contributed by atoms with E-state index in [0.29, 0.717) is 5.75 Å². The summed E-state index contributed by atoms with van der Waals surface area (Å²) in [6, 6.07) is 14.1. The van der Waals surface area contributed by atoms with E-state index in [1.807, 2.05) is 30.3 Å². The second kappa shape index (κ2) is 11.1. The van der Waals surface area contributed by atoms with Gasteiger partial charge in [-0.1, -0.05) is 41.1 Å². The zero-order valence-electron chi connectivity index (χ0n) is 18.7. The second-order valence-corrected chi connectivity index (χ2v) is 11.0. The number of thiazole rings is 1. The van der Waals surface area contributed by atoms with Crippen molar-refractivity contribution in [2.45, 2.75) is 28.7 Å². The smallest absolute Gasteiger partial charge is 0.336 e. The summed E-state index contributed by atoms with van der Waals surface area (Å²) in [6.45, 7) is 0.931. The number of carbonyl (C=O) groups is 4. The summed E-state index contributed by atoms with van der Waals surface area (Å²) >= 11 is 1.48. The maximum absolute atomic E-state index is 13.0. The molecule has 12 heteroatoms. The molecule has 3 aromatic rings. The Kier molecular flexibility index (Phi) is 7.93. The summed E-state index contributed by atoms with van der Waals surface area (Å²) in [5.41, 5.74) is 0.848. The number of amides is 2. The van der Waals surface area contributed by atoms with Crippen LogP contribution in [0, 0.1) is 0 Å². The van der Waals surface area contributed by atoms with Crippen LogP contribution in [0.2, 0.25) is 0 Å². The van der Waals surface area contributed by atoms with Gasteiger partial charge in [-0.2, -0.15) is 0 Å². The predicted molar refractivity (Wildman–Crippen MR) is 134 cm³/mol. The van der Waals surface area contributed by atoms with Crippen molar-refractivity contribution in [2.75, 3.05) is 13.7 Å². The minimum Gasteiger partial charge on any atom is -0.484 e. The molecule has 0 bridgehead atoms. The number of Topliss-reactive ketones (excluding diaryl/α,β-unsaturated/α-hetero) is 1. The van der Waals surface area contributed by atoms with Crippen LogP contribution in [-0.2, 0) is 23.9 Å². The predicted octanol–water partition coefficient (Wildman–Crippen LogP) is 2.90. The number of carbonyl (C=O) groups excluding carboxylic acids is 4. The van der Waals surface area contributed by atoms with Crippen molar-refractivity contribution < 1.29 is 28.7 Å². The van der Waals surface area contributed by atoms with E-state index in [4.69, 9.17) is 9.47 Å². The molecule has 3 atom stereocenters. The Bertz CT molecular complexity index is 1220. The number of aromatic nitrogens is 1. The number of para-hydroxylation sites is 2. The summed E-state index contributed by atoms with van der Waals surface area (Å²) in [7, 11) is 3.70. The lowest BCUT2D eigenvalue weighted by atomic mass is 10.0. The topological polar surface area (TPSA) is 115 Å². The van der Waals surface area contributed by atoms with Crippen molar-refractivity contribution in [2.24, 2.45) is 0 Å². The second-order valence-electron chi connectivity index (χ2n) is 7.45. The zero-order valence-corrected chi connectivity index (χ0v) is 21.2. The van der Waals surface area contributed by atoms with E-state index in [1.165, 1.54) is 39.8 Å². The van der Waals surface area contributed by atoms with Gasteiger partial charge in [-0.05, 0) is 42.0 Å². The summed E-state index contributed by atoms with van der Waals surface area (Å²) in [6.07, 6.45) is 0. The first-order chi connectivity index (χ1) is 16.9. The molecule has 3 unspecified atom stereocenters.